The van der Waals surface area contributed by atoms with Crippen molar-refractivity contribution >= 4 is 11.9 Å². The number of hydrogen-bond acceptors (Lipinski definition) is 3. The van der Waals surface area contributed by atoms with Gasteiger partial charge in [0.2, 0.25) is 0 Å². The number of amides is 1. The molecule has 6 nitrogen and oxygen atoms in total. The summed E-state index contributed by atoms with van der Waals surface area (Å²) in [4.78, 5) is 38.2. The van der Waals surface area contributed by atoms with Gasteiger partial charge in [0, 0.05) is 5.69 Å². The first-order chi connectivity index (χ1) is 12.1. The molecule has 0 saturated heterocycles. The van der Waals surface area contributed by atoms with Crippen LogP contribution in [-0.4, -0.2) is 22.0 Å². The number of carbonyl (C=O) groups is 2. The highest BCUT2D eigenvalue weighted by atomic mass is 16.4. The third-order valence-corrected chi connectivity index (χ3v) is 4.16. The summed E-state index contributed by atoms with van der Waals surface area (Å²) in [6.45, 7) is 7.97. The Bertz CT molecular complexity index is 861. The summed E-state index contributed by atoms with van der Waals surface area (Å²) in [5.41, 5.74) is 1.86. The normalized spacial score (nSPS) is 12.5. The first kappa shape index (κ1) is 19.4. The molecule has 0 aliphatic carbocycles. The monoisotopic (exact) mass is 356 g/mol. The van der Waals surface area contributed by atoms with Crippen LogP contribution in [0.3, 0.4) is 0 Å². The molecule has 0 bridgehead atoms. The van der Waals surface area contributed by atoms with E-state index in [1.165, 1.54) is 6.07 Å². The van der Waals surface area contributed by atoms with Crippen molar-refractivity contribution in [1.29, 1.82) is 0 Å². The lowest BCUT2D eigenvalue weighted by Gasteiger charge is -2.21. The zero-order valence-corrected chi connectivity index (χ0v) is 15.4. The highest BCUT2D eigenvalue weighted by Gasteiger charge is 2.21. The number of rotatable bonds is 5. The Morgan fingerprint density at radius 3 is 2.23 bits per heavy atom. The summed E-state index contributed by atoms with van der Waals surface area (Å²) in [7, 11) is 0. The van der Waals surface area contributed by atoms with Crippen molar-refractivity contribution < 1.29 is 14.7 Å². The Morgan fingerprint density at radius 1 is 1.12 bits per heavy atom. The van der Waals surface area contributed by atoms with E-state index in [4.69, 9.17) is 0 Å². The van der Waals surface area contributed by atoms with Crippen LogP contribution < -0.4 is 10.9 Å². The van der Waals surface area contributed by atoms with Gasteiger partial charge in [-0.2, -0.15) is 0 Å². The molecule has 138 valence electrons. The Hall–Kier alpha value is -2.89. The van der Waals surface area contributed by atoms with Crippen molar-refractivity contribution in [3.05, 3.63) is 69.1 Å². The maximum absolute atomic E-state index is 12.4. The Labute approximate surface area is 152 Å². The minimum Gasteiger partial charge on any atom is -0.481 e. The number of aryl methyl sites for hydroxylation is 1. The first-order valence-corrected chi connectivity index (χ1v) is 8.41. The van der Waals surface area contributed by atoms with Crippen molar-refractivity contribution in [2.24, 2.45) is 0 Å². The van der Waals surface area contributed by atoms with Gasteiger partial charge in [0.15, 0.2) is 0 Å². The first-order valence-electron chi connectivity index (χ1n) is 8.41. The molecule has 1 heterocycles. The van der Waals surface area contributed by atoms with Crippen LogP contribution in [0.15, 0.2) is 41.2 Å². The standard InChI is InChI=1S/C20H24N2O4/c1-12-5-10-15(18(25)21-12)19(26)22-16(11-17(23)24)13-6-8-14(9-7-13)20(2,3)4/h5-10,16H,11H2,1-4H3,(H,21,25)(H,22,26)(H,23,24). The lowest BCUT2D eigenvalue weighted by atomic mass is 9.86. The fraction of sp³-hybridized carbons (Fsp3) is 0.350. The zero-order chi connectivity index (χ0) is 19.5. The van der Waals surface area contributed by atoms with Crippen molar-refractivity contribution in [2.75, 3.05) is 0 Å². The maximum atomic E-state index is 12.4. The minimum absolute atomic E-state index is 0.0285. The minimum atomic E-state index is -1.03. The van der Waals surface area contributed by atoms with Crippen LogP contribution in [0, 0.1) is 6.92 Å². The number of carboxylic acids is 1. The van der Waals surface area contributed by atoms with Gasteiger partial charge >= 0.3 is 5.97 Å². The smallest absolute Gasteiger partial charge is 0.305 e. The van der Waals surface area contributed by atoms with E-state index >= 15 is 0 Å². The fourth-order valence-electron chi connectivity index (χ4n) is 2.63. The number of carboxylic acid groups (broad SMARTS) is 1. The van der Waals surface area contributed by atoms with E-state index in [0.717, 1.165) is 5.56 Å². The molecule has 1 aromatic carbocycles. The molecule has 2 rings (SSSR count). The Morgan fingerprint density at radius 2 is 1.73 bits per heavy atom. The third kappa shape index (κ3) is 4.81. The molecule has 0 radical (unpaired) electrons. The molecule has 1 atom stereocenters. The fourth-order valence-corrected chi connectivity index (χ4v) is 2.63. The molecular weight excluding hydrogens is 332 g/mol. The molecule has 1 amide bonds. The molecule has 26 heavy (non-hydrogen) atoms. The molecule has 1 aromatic heterocycles. The van der Waals surface area contributed by atoms with Gasteiger partial charge in [-0.05, 0) is 35.6 Å². The molecule has 3 N–H and O–H groups in total. The summed E-state index contributed by atoms with van der Waals surface area (Å²) in [5, 5.41) is 11.8. The predicted octanol–water partition coefficient (Wildman–Crippen LogP) is 2.93. The number of benzene rings is 1. The number of pyridine rings is 1. The van der Waals surface area contributed by atoms with Gasteiger partial charge in [0.1, 0.15) is 5.56 Å². The van der Waals surface area contributed by atoms with Crippen molar-refractivity contribution in [3.63, 3.8) is 0 Å². The molecule has 0 aliphatic rings. The van der Waals surface area contributed by atoms with Crippen LogP contribution in [0.1, 0.15) is 60.4 Å². The second-order valence-corrected chi connectivity index (χ2v) is 7.38. The highest BCUT2D eigenvalue weighted by Crippen LogP contribution is 2.25. The number of aromatic nitrogens is 1. The number of nitrogens with one attached hydrogen (secondary N) is 2. The van der Waals surface area contributed by atoms with Gasteiger partial charge in [0.05, 0.1) is 12.5 Å². The summed E-state index contributed by atoms with van der Waals surface area (Å²) in [5.74, 6) is -1.63. The Kier molecular flexibility index (Phi) is 5.65. The van der Waals surface area contributed by atoms with Crippen molar-refractivity contribution in [3.8, 4) is 0 Å². The predicted molar refractivity (Wildman–Crippen MR) is 99.4 cm³/mol. The van der Waals surface area contributed by atoms with Gasteiger partial charge < -0.3 is 15.4 Å². The lowest BCUT2D eigenvalue weighted by Crippen LogP contribution is -2.34. The van der Waals surface area contributed by atoms with Crippen molar-refractivity contribution in [1.82, 2.24) is 10.3 Å². The molecule has 6 heteroatoms. The zero-order valence-electron chi connectivity index (χ0n) is 15.4. The maximum Gasteiger partial charge on any atom is 0.305 e. The Balaban J connectivity index is 2.28. The van der Waals surface area contributed by atoms with Gasteiger partial charge in [-0.25, -0.2) is 0 Å². The number of hydrogen-bond donors (Lipinski definition) is 3. The summed E-state index contributed by atoms with van der Waals surface area (Å²) in [6, 6.07) is 9.81. The van der Waals surface area contributed by atoms with Gasteiger partial charge in [-0.3, -0.25) is 14.4 Å². The van der Waals surface area contributed by atoms with E-state index < -0.39 is 23.5 Å². The summed E-state index contributed by atoms with van der Waals surface area (Å²) in [6.07, 6.45) is -0.273. The highest BCUT2D eigenvalue weighted by molar-refractivity contribution is 5.94. The number of aliphatic carboxylic acids is 1. The van der Waals surface area contributed by atoms with Gasteiger partial charge in [-0.15, -0.1) is 0 Å². The number of aromatic amines is 1. The molecule has 0 aliphatic heterocycles. The van der Waals surface area contributed by atoms with Crippen LogP contribution in [0.5, 0.6) is 0 Å². The van der Waals surface area contributed by atoms with E-state index in [1.807, 2.05) is 24.3 Å². The quantitative estimate of drug-likeness (QED) is 0.767. The summed E-state index contributed by atoms with van der Waals surface area (Å²) >= 11 is 0. The molecule has 0 fully saturated rings. The van der Waals surface area contributed by atoms with Crippen LogP contribution in [0.4, 0.5) is 0 Å². The number of carbonyl (C=O) groups excluding carboxylic acids is 1. The van der Waals surface area contributed by atoms with Crippen LogP contribution in [0.2, 0.25) is 0 Å². The average Bonchev–Trinajstić information content (AvgIpc) is 2.53. The van der Waals surface area contributed by atoms with Crippen LogP contribution in [-0.2, 0) is 10.2 Å². The lowest BCUT2D eigenvalue weighted by molar-refractivity contribution is -0.137. The molecule has 1 unspecified atom stereocenters. The molecule has 0 spiro atoms. The number of H-pyrrole nitrogens is 1. The topological polar surface area (TPSA) is 99.3 Å². The second kappa shape index (κ2) is 7.56. The van der Waals surface area contributed by atoms with E-state index in [9.17, 15) is 19.5 Å². The second-order valence-electron chi connectivity index (χ2n) is 7.38. The third-order valence-electron chi connectivity index (χ3n) is 4.16. The SMILES string of the molecule is Cc1ccc(C(=O)NC(CC(=O)O)c2ccc(C(C)(C)C)cc2)c(=O)[nH]1. The summed E-state index contributed by atoms with van der Waals surface area (Å²) < 4.78 is 0. The van der Waals surface area contributed by atoms with Gasteiger partial charge in [0.25, 0.3) is 11.5 Å². The van der Waals surface area contributed by atoms with E-state index in [1.54, 1.807) is 13.0 Å². The van der Waals surface area contributed by atoms with Crippen LogP contribution >= 0.6 is 0 Å². The average molecular weight is 356 g/mol. The largest absolute Gasteiger partial charge is 0.481 e. The van der Waals surface area contributed by atoms with E-state index in [2.05, 4.69) is 31.1 Å². The molecule has 0 saturated carbocycles. The van der Waals surface area contributed by atoms with Crippen molar-refractivity contribution in [2.45, 2.75) is 45.6 Å². The van der Waals surface area contributed by atoms with E-state index in [0.29, 0.717) is 11.3 Å². The van der Waals surface area contributed by atoms with E-state index in [-0.39, 0.29) is 17.4 Å². The van der Waals surface area contributed by atoms with Gasteiger partial charge in [-0.1, -0.05) is 45.0 Å². The molecule has 2 aromatic rings. The molecular formula is C20H24N2O4. The van der Waals surface area contributed by atoms with Crippen LogP contribution in [0.25, 0.3) is 0 Å².